The zero-order chi connectivity index (χ0) is 14.8. The fourth-order valence-corrected chi connectivity index (χ4v) is 2.74. The lowest BCUT2D eigenvalue weighted by Crippen LogP contribution is -2.00. The van der Waals surface area contributed by atoms with Crippen LogP contribution in [0.2, 0.25) is 10.0 Å². The smallest absolute Gasteiger partial charge is 0.0840 e. The summed E-state index contributed by atoms with van der Waals surface area (Å²) < 4.78 is 1.88. The van der Waals surface area contributed by atoms with Gasteiger partial charge in [0.2, 0.25) is 0 Å². The van der Waals surface area contributed by atoms with Crippen molar-refractivity contribution in [2.24, 2.45) is 0 Å². The second-order valence-corrected chi connectivity index (χ2v) is 5.59. The van der Waals surface area contributed by atoms with Gasteiger partial charge in [-0.25, -0.2) is 4.68 Å². The maximum absolute atomic E-state index is 6.33. The summed E-state index contributed by atoms with van der Waals surface area (Å²) >= 11 is 12.3. The summed E-state index contributed by atoms with van der Waals surface area (Å²) in [4.78, 5) is 0. The first-order chi connectivity index (χ1) is 10.2. The van der Waals surface area contributed by atoms with Gasteiger partial charge in [0, 0.05) is 10.6 Å². The van der Waals surface area contributed by atoms with E-state index in [0.29, 0.717) is 10.0 Å². The van der Waals surface area contributed by atoms with Gasteiger partial charge in [0.1, 0.15) is 0 Å². The molecule has 4 heteroatoms. The van der Waals surface area contributed by atoms with Gasteiger partial charge in [0.15, 0.2) is 0 Å². The van der Waals surface area contributed by atoms with E-state index in [1.165, 1.54) is 0 Å². The summed E-state index contributed by atoms with van der Waals surface area (Å²) in [5.74, 6) is 0. The Bertz CT molecular complexity index is 764. The highest BCUT2D eigenvalue weighted by Gasteiger charge is 2.13. The third kappa shape index (κ3) is 2.82. The Balaban J connectivity index is 2.20. The molecule has 3 rings (SSSR count). The standard InChI is InChI=1S/C17H14Cl2N2/c1-2-14-11-17(12-6-4-3-5-7-12)21(20-14)16-9-8-13(18)10-15(16)19/h3-11H,2H2,1H3. The zero-order valence-electron chi connectivity index (χ0n) is 11.6. The highest BCUT2D eigenvalue weighted by Crippen LogP contribution is 2.29. The normalized spacial score (nSPS) is 10.8. The predicted molar refractivity (Wildman–Crippen MR) is 88.4 cm³/mol. The molecule has 1 heterocycles. The molecule has 106 valence electrons. The number of nitrogens with zero attached hydrogens (tertiary/aromatic N) is 2. The minimum absolute atomic E-state index is 0.588. The van der Waals surface area contributed by atoms with Crippen molar-refractivity contribution in [2.75, 3.05) is 0 Å². The van der Waals surface area contributed by atoms with E-state index >= 15 is 0 Å². The monoisotopic (exact) mass is 316 g/mol. The largest absolute Gasteiger partial charge is 0.231 e. The highest BCUT2D eigenvalue weighted by molar-refractivity contribution is 6.35. The molecule has 2 aromatic carbocycles. The van der Waals surface area contributed by atoms with Crippen molar-refractivity contribution in [3.05, 3.63) is 70.3 Å². The maximum Gasteiger partial charge on any atom is 0.0840 e. The second kappa shape index (κ2) is 5.92. The fourth-order valence-electron chi connectivity index (χ4n) is 2.25. The molecule has 0 spiro atoms. The predicted octanol–water partition coefficient (Wildman–Crippen LogP) is 5.41. The molecule has 2 nitrogen and oxygen atoms in total. The van der Waals surface area contributed by atoms with E-state index in [0.717, 1.165) is 29.1 Å². The molecule has 0 aliphatic rings. The summed E-state index contributed by atoms with van der Waals surface area (Å²) in [5, 5.41) is 5.86. The molecule has 0 radical (unpaired) electrons. The van der Waals surface area contributed by atoms with Gasteiger partial charge in [-0.1, -0.05) is 60.5 Å². The number of halogens is 2. The van der Waals surface area contributed by atoms with E-state index < -0.39 is 0 Å². The van der Waals surface area contributed by atoms with Gasteiger partial charge in [-0.2, -0.15) is 5.10 Å². The third-order valence-corrected chi connectivity index (χ3v) is 3.87. The molecule has 1 aromatic heterocycles. The Hall–Kier alpha value is -1.77. The topological polar surface area (TPSA) is 17.8 Å². The molecular weight excluding hydrogens is 303 g/mol. The molecule has 21 heavy (non-hydrogen) atoms. The number of benzene rings is 2. The molecule has 0 bridgehead atoms. The Morgan fingerprint density at radius 1 is 1.00 bits per heavy atom. The maximum atomic E-state index is 6.33. The van der Waals surface area contributed by atoms with Crippen molar-refractivity contribution in [1.82, 2.24) is 9.78 Å². The summed E-state index contributed by atoms with van der Waals surface area (Å²) in [5.41, 5.74) is 3.99. The van der Waals surface area contributed by atoms with Gasteiger partial charge >= 0.3 is 0 Å². The van der Waals surface area contributed by atoms with Crippen molar-refractivity contribution < 1.29 is 0 Å². The quantitative estimate of drug-likeness (QED) is 0.631. The number of aromatic nitrogens is 2. The first-order valence-electron chi connectivity index (χ1n) is 6.79. The van der Waals surface area contributed by atoms with E-state index in [1.807, 2.05) is 35.0 Å². The van der Waals surface area contributed by atoms with Crippen molar-refractivity contribution >= 4 is 23.2 Å². The van der Waals surface area contributed by atoms with E-state index in [1.54, 1.807) is 6.07 Å². The molecule has 0 atom stereocenters. The zero-order valence-corrected chi connectivity index (χ0v) is 13.1. The van der Waals surface area contributed by atoms with Gasteiger partial charge in [-0.15, -0.1) is 0 Å². The molecule has 3 aromatic rings. The number of hydrogen-bond acceptors (Lipinski definition) is 1. The Morgan fingerprint density at radius 2 is 1.76 bits per heavy atom. The SMILES string of the molecule is CCc1cc(-c2ccccc2)n(-c2ccc(Cl)cc2Cl)n1. The second-order valence-electron chi connectivity index (χ2n) is 4.75. The van der Waals surface area contributed by atoms with Crippen LogP contribution in [0.5, 0.6) is 0 Å². The number of hydrogen-bond donors (Lipinski definition) is 0. The van der Waals surface area contributed by atoms with Crippen LogP contribution in [0.3, 0.4) is 0 Å². The van der Waals surface area contributed by atoms with Crippen molar-refractivity contribution in [1.29, 1.82) is 0 Å². The Morgan fingerprint density at radius 3 is 2.43 bits per heavy atom. The average Bonchev–Trinajstić information content (AvgIpc) is 2.92. The van der Waals surface area contributed by atoms with Gasteiger partial charge in [0.05, 0.1) is 22.1 Å². The molecular formula is C17H14Cl2N2. The first kappa shape index (κ1) is 14.2. The van der Waals surface area contributed by atoms with Crippen LogP contribution in [0.25, 0.3) is 16.9 Å². The summed E-state index contributed by atoms with van der Waals surface area (Å²) in [6.45, 7) is 2.09. The molecule has 0 N–H and O–H groups in total. The molecule has 0 saturated carbocycles. The molecule has 0 amide bonds. The van der Waals surface area contributed by atoms with Gasteiger partial charge in [-0.05, 0) is 30.7 Å². The van der Waals surface area contributed by atoms with Crippen LogP contribution in [0, 0.1) is 0 Å². The molecule has 0 aliphatic heterocycles. The van der Waals surface area contributed by atoms with Gasteiger partial charge < -0.3 is 0 Å². The Labute approximate surface area is 133 Å². The average molecular weight is 317 g/mol. The lowest BCUT2D eigenvalue weighted by atomic mass is 10.1. The van der Waals surface area contributed by atoms with Crippen molar-refractivity contribution in [2.45, 2.75) is 13.3 Å². The number of rotatable bonds is 3. The van der Waals surface area contributed by atoms with Crippen LogP contribution in [0.1, 0.15) is 12.6 Å². The van der Waals surface area contributed by atoms with Crippen LogP contribution in [-0.4, -0.2) is 9.78 Å². The Kier molecular flexibility index (Phi) is 4.00. The van der Waals surface area contributed by atoms with E-state index in [-0.39, 0.29) is 0 Å². The van der Waals surface area contributed by atoms with Gasteiger partial charge in [-0.3, -0.25) is 0 Å². The van der Waals surface area contributed by atoms with Gasteiger partial charge in [0.25, 0.3) is 0 Å². The molecule has 0 unspecified atom stereocenters. The minimum atomic E-state index is 0.588. The van der Waals surface area contributed by atoms with Crippen LogP contribution in [0.4, 0.5) is 0 Å². The summed E-state index contributed by atoms with van der Waals surface area (Å²) in [6.07, 6.45) is 0.873. The summed E-state index contributed by atoms with van der Waals surface area (Å²) in [6, 6.07) is 17.7. The molecule has 0 saturated heterocycles. The van der Waals surface area contributed by atoms with Crippen LogP contribution >= 0.6 is 23.2 Å². The highest BCUT2D eigenvalue weighted by atomic mass is 35.5. The van der Waals surface area contributed by atoms with Crippen LogP contribution in [0.15, 0.2) is 54.6 Å². The van der Waals surface area contributed by atoms with E-state index in [2.05, 4.69) is 30.2 Å². The molecule has 0 fully saturated rings. The number of aryl methyl sites for hydroxylation is 1. The van der Waals surface area contributed by atoms with E-state index in [4.69, 9.17) is 23.2 Å². The fraction of sp³-hybridized carbons (Fsp3) is 0.118. The first-order valence-corrected chi connectivity index (χ1v) is 7.54. The van der Waals surface area contributed by atoms with E-state index in [9.17, 15) is 0 Å². The summed E-state index contributed by atoms with van der Waals surface area (Å²) in [7, 11) is 0. The minimum Gasteiger partial charge on any atom is -0.231 e. The van der Waals surface area contributed by atoms with Crippen LogP contribution < -0.4 is 0 Å². The lowest BCUT2D eigenvalue weighted by Gasteiger charge is -2.09. The molecule has 0 aliphatic carbocycles. The lowest BCUT2D eigenvalue weighted by molar-refractivity contribution is 0.847. The third-order valence-electron chi connectivity index (χ3n) is 3.33. The van der Waals surface area contributed by atoms with Crippen LogP contribution in [-0.2, 0) is 6.42 Å². The van der Waals surface area contributed by atoms with Crippen molar-refractivity contribution in [3.8, 4) is 16.9 Å². The van der Waals surface area contributed by atoms with Crippen molar-refractivity contribution in [3.63, 3.8) is 0 Å².